The number of anilines is 1. The Morgan fingerprint density at radius 1 is 1.00 bits per heavy atom. The van der Waals surface area contributed by atoms with Crippen molar-refractivity contribution in [3.63, 3.8) is 0 Å². The molecule has 2 atom stereocenters. The van der Waals surface area contributed by atoms with Gasteiger partial charge in [0.05, 0.1) is 5.92 Å². The Balaban J connectivity index is 1.52. The number of hydrogen-bond donors (Lipinski definition) is 2. The van der Waals surface area contributed by atoms with Crippen molar-refractivity contribution in [1.29, 1.82) is 0 Å². The van der Waals surface area contributed by atoms with E-state index in [0.29, 0.717) is 36.9 Å². The molecule has 4 rings (SSSR count). The summed E-state index contributed by atoms with van der Waals surface area (Å²) in [5.74, 6) is 1.34. The van der Waals surface area contributed by atoms with Crippen molar-refractivity contribution in [2.45, 2.75) is 57.4 Å². The average Bonchev–Trinajstić information content (AvgIpc) is 2.78. The van der Waals surface area contributed by atoms with Gasteiger partial charge < -0.3 is 25.0 Å². The fraction of sp³-hybridized carbons (Fsp3) is 0.636. The lowest BCUT2D eigenvalue weighted by Gasteiger charge is -2.39. The molecule has 2 aliphatic heterocycles. The molecule has 1 aromatic carbocycles. The molecule has 2 heterocycles. The molecule has 2 fully saturated rings. The van der Waals surface area contributed by atoms with Crippen LogP contribution in [0.1, 0.15) is 51.4 Å². The van der Waals surface area contributed by atoms with Crippen LogP contribution in [0.25, 0.3) is 0 Å². The van der Waals surface area contributed by atoms with E-state index in [4.69, 9.17) is 9.47 Å². The van der Waals surface area contributed by atoms with Gasteiger partial charge in [-0.1, -0.05) is 25.7 Å². The molecule has 2 unspecified atom stereocenters. The Bertz CT molecular complexity index is 739. The zero-order valence-electron chi connectivity index (χ0n) is 17.0. The first-order valence-electron chi connectivity index (χ1n) is 11.0. The highest BCUT2D eigenvalue weighted by atomic mass is 16.6. The van der Waals surface area contributed by atoms with E-state index >= 15 is 0 Å². The van der Waals surface area contributed by atoms with Gasteiger partial charge in [-0.3, -0.25) is 4.79 Å². The zero-order valence-corrected chi connectivity index (χ0v) is 17.0. The second-order valence-electron chi connectivity index (χ2n) is 8.15. The van der Waals surface area contributed by atoms with Gasteiger partial charge in [0.1, 0.15) is 13.2 Å². The number of fused-ring (bicyclic) bond motifs is 2. The number of carbonyl (C=O) groups excluding carboxylic acids is 2. The predicted octanol–water partition coefficient (Wildman–Crippen LogP) is 3.54. The van der Waals surface area contributed by atoms with Gasteiger partial charge in [-0.25, -0.2) is 4.79 Å². The normalized spacial score (nSPS) is 25.2. The van der Waals surface area contributed by atoms with Gasteiger partial charge in [-0.15, -0.1) is 0 Å². The number of rotatable bonds is 1. The van der Waals surface area contributed by atoms with Crippen molar-refractivity contribution in [3.05, 3.63) is 18.2 Å². The van der Waals surface area contributed by atoms with Crippen LogP contribution < -0.4 is 20.1 Å². The summed E-state index contributed by atoms with van der Waals surface area (Å²) in [5, 5.41) is 6.12. The first kappa shape index (κ1) is 19.9. The Morgan fingerprint density at radius 3 is 2.69 bits per heavy atom. The fourth-order valence-corrected chi connectivity index (χ4v) is 4.63. The van der Waals surface area contributed by atoms with Gasteiger partial charge in [0.15, 0.2) is 11.5 Å². The summed E-state index contributed by atoms with van der Waals surface area (Å²) in [4.78, 5) is 27.9. The molecule has 1 aromatic rings. The summed E-state index contributed by atoms with van der Waals surface area (Å²) in [6, 6.07) is 5.30. The highest BCUT2D eigenvalue weighted by Gasteiger charge is 2.37. The number of hydrogen-bond acceptors (Lipinski definition) is 4. The van der Waals surface area contributed by atoms with Gasteiger partial charge in [-0.05, 0) is 37.8 Å². The summed E-state index contributed by atoms with van der Waals surface area (Å²) in [6.07, 6.45) is 7.96. The summed E-state index contributed by atoms with van der Waals surface area (Å²) >= 11 is 0. The van der Waals surface area contributed by atoms with Crippen LogP contribution in [-0.4, -0.2) is 49.2 Å². The van der Waals surface area contributed by atoms with E-state index in [0.717, 1.165) is 57.9 Å². The molecule has 3 aliphatic rings. The van der Waals surface area contributed by atoms with Crippen molar-refractivity contribution >= 4 is 17.6 Å². The molecule has 1 saturated heterocycles. The number of urea groups is 1. The Hall–Kier alpha value is -2.44. The van der Waals surface area contributed by atoms with E-state index in [1.54, 1.807) is 0 Å². The fourth-order valence-electron chi connectivity index (χ4n) is 4.63. The van der Waals surface area contributed by atoms with Crippen molar-refractivity contribution in [2.24, 2.45) is 5.92 Å². The minimum absolute atomic E-state index is 0.0425. The lowest BCUT2D eigenvalue weighted by Crippen LogP contribution is -2.52. The number of benzene rings is 1. The third-order valence-corrected chi connectivity index (χ3v) is 6.15. The largest absolute Gasteiger partial charge is 0.486 e. The van der Waals surface area contributed by atoms with Gasteiger partial charge in [0.25, 0.3) is 0 Å². The van der Waals surface area contributed by atoms with E-state index in [1.165, 1.54) is 0 Å². The smallest absolute Gasteiger partial charge is 0.322 e. The quantitative estimate of drug-likeness (QED) is 0.754. The molecular formula is C22H31N3O4. The van der Waals surface area contributed by atoms with Crippen LogP contribution in [0.4, 0.5) is 10.5 Å². The zero-order chi connectivity index (χ0) is 20.1. The van der Waals surface area contributed by atoms with Crippen molar-refractivity contribution in [2.75, 3.05) is 31.6 Å². The third kappa shape index (κ3) is 4.77. The molecular weight excluding hydrogens is 370 g/mol. The van der Waals surface area contributed by atoms with E-state index in [1.807, 2.05) is 23.1 Å². The van der Waals surface area contributed by atoms with Crippen LogP contribution in [0, 0.1) is 5.92 Å². The number of carbonyl (C=O) groups is 2. The van der Waals surface area contributed by atoms with Crippen LogP contribution in [0.15, 0.2) is 18.2 Å². The number of amides is 3. The summed E-state index contributed by atoms with van der Waals surface area (Å²) in [5.41, 5.74) is 0.686. The number of ether oxygens (including phenoxy) is 2. The summed E-state index contributed by atoms with van der Waals surface area (Å²) < 4.78 is 11.2. The maximum Gasteiger partial charge on any atom is 0.322 e. The Labute approximate surface area is 172 Å². The second kappa shape index (κ2) is 9.37. The van der Waals surface area contributed by atoms with Gasteiger partial charge in [0, 0.05) is 30.9 Å². The monoisotopic (exact) mass is 401 g/mol. The highest BCUT2D eigenvalue weighted by molar-refractivity contribution is 5.90. The average molecular weight is 402 g/mol. The van der Waals surface area contributed by atoms with Crippen molar-refractivity contribution < 1.29 is 19.1 Å². The second-order valence-corrected chi connectivity index (χ2v) is 8.15. The van der Waals surface area contributed by atoms with Crippen molar-refractivity contribution in [3.8, 4) is 11.5 Å². The van der Waals surface area contributed by atoms with Gasteiger partial charge in [-0.2, -0.15) is 0 Å². The van der Waals surface area contributed by atoms with Crippen LogP contribution in [0.5, 0.6) is 11.5 Å². The minimum atomic E-state index is -0.134. The third-order valence-electron chi connectivity index (χ3n) is 6.15. The molecule has 7 heteroatoms. The topological polar surface area (TPSA) is 79.9 Å². The lowest BCUT2D eigenvalue weighted by molar-refractivity contribution is -0.127. The van der Waals surface area contributed by atoms with Crippen LogP contribution >= 0.6 is 0 Å². The first-order valence-corrected chi connectivity index (χ1v) is 11.0. The molecule has 0 radical (unpaired) electrons. The highest BCUT2D eigenvalue weighted by Crippen LogP contribution is 2.34. The van der Waals surface area contributed by atoms with Gasteiger partial charge >= 0.3 is 6.03 Å². The van der Waals surface area contributed by atoms with E-state index < -0.39 is 0 Å². The summed E-state index contributed by atoms with van der Waals surface area (Å²) in [7, 11) is 0. The van der Waals surface area contributed by atoms with Crippen LogP contribution in [-0.2, 0) is 4.79 Å². The van der Waals surface area contributed by atoms with Crippen molar-refractivity contribution in [1.82, 2.24) is 10.2 Å². The van der Waals surface area contributed by atoms with E-state index in [2.05, 4.69) is 10.6 Å². The Kier molecular flexibility index (Phi) is 6.42. The molecule has 0 bridgehead atoms. The SMILES string of the molecule is O=C1NCCCCCCN(C(=O)Nc2ccc3c(c2)OCCO3)C2CCCCC12. The lowest BCUT2D eigenvalue weighted by atomic mass is 9.82. The molecule has 158 valence electrons. The first-order chi connectivity index (χ1) is 14.2. The molecule has 29 heavy (non-hydrogen) atoms. The van der Waals surface area contributed by atoms with Crippen LogP contribution in [0.2, 0.25) is 0 Å². The minimum Gasteiger partial charge on any atom is -0.486 e. The molecule has 0 aromatic heterocycles. The maximum absolute atomic E-state index is 13.3. The van der Waals surface area contributed by atoms with Crippen LogP contribution in [0.3, 0.4) is 0 Å². The van der Waals surface area contributed by atoms with Gasteiger partial charge in [0.2, 0.25) is 5.91 Å². The number of nitrogens with zero attached hydrogens (tertiary/aromatic N) is 1. The molecule has 7 nitrogen and oxygen atoms in total. The molecule has 1 saturated carbocycles. The maximum atomic E-state index is 13.3. The molecule has 2 N–H and O–H groups in total. The standard InChI is InChI=1S/C22H31N3O4/c26-21-17-7-3-4-8-18(17)25(12-6-2-1-5-11-23-21)22(27)24-16-9-10-19-20(15-16)29-14-13-28-19/h9-10,15,17-18H,1-8,11-14H2,(H,23,26)(H,24,27). The molecule has 1 aliphatic carbocycles. The molecule has 0 spiro atoms. The number of nitrogens with one attached hydrogen (secondary N) is 2. The Morgan fingerprint density at radius 2 is 1.79 bits per heavy atom. The molecule has 3 amide bonds. The summed E-state index contributed by atoms with van der Waals surface area (Å²) in [6.45, 7) is 2.48. The van der Waals surface area contributed by atoms with E-state index in [-0.39, 0.29) is 23.9 Å². The predicted molar refractivity (Wildman–Crippen MR) is 110 cm³/mol. The van der Waals surface area contributed by atoms with E-state index in [9.17, 15) is 9.59 Å².